The van der Waals surface area contributed by atoms with Gasteiger partial charge in [-0.15, -0.1) is 0 Å². The number of hydrogen-bond acceptors (Lipinski definition) is 9. The molecule has 2 atom stereocenters. The second-order valence-corrected chi connectivity index (χ2v) is 10.4. The number of nitrogens with one attached hydrogen (secondary N) is 4. The Hall–Kier alpha value is -5.39. The van der Waals surface area contributed by atoms with Crippen LogP contribution in [0.4, 0.5) is 11.4 Å². The van der Waals surface area contributed by atoms with Crippen LogP contribution in [0.2, 0.25) is 0 Å². The molecule has 3 aromatic carbocycles. The van der Waals surface area contributed by atoms with E-state index in [9.17, 15) is 14.4 Å². The maximum absolute atomic E-state index is 13.6. The van der Waals surface area contributed by atoms with Crippen LogP contribution < -0.4 is 35.6 Å². The van der Waals surface area contributed by atoms with Crippen molar-refractivity contribution in [3.05, 3.63) is 76.2 Å². The number of H-pyrrole nitrogens is 1. The molecular formula is C32H34N6O6. The van der Waals surface area contributed by atoms with Crippen molar-refractivity contribution < 1.29 is 23.8 Å². The van der Waals surface area contributed by atoms with E-state index in [1.54, 1.807) is 51.5 Å². The van der Waals surface area contributed by atoms with E-state index in [1.807, 2.05) is 12.1 Å². The van der Waals surface area contributed by atoms with Gasteiger partial charge in [0, 0.05) is 23.7 Å². The minimum atomic E-state index is -0.767. The van der Waals surface area contributed by atoms with Gasteiger partial charge in [0.25, 0.3) is 0 Å². The first-order valence-electron chi connectivity index (χ1n) is 14.0. The summed E-state index contributed by atoms with van der Waals surface area (Å²) in [6.45, 7) is 3.11. The Morgan fingerprint density at radius 1 is 1.02 bits per heavy atom. The molecule has 1 aromatic heterocycles. The lowest BCUT2D eigenvalue weighted by Gasteiger charge is -2.19. The van der Waals surface area contributed by atoms with E-state index in [0.717, 1.165) is 16.7 Å². The number of ether oxygens (including phenoxy) is 3. The van der Waals surface area contributed by atoms with Crippen LogP contribution in [0.25, 0.3) is 22.5 Å². The van der Waals surface area contributed by atoms with Crippen molar-refractivity contribution in [3.8, 4) is 39.8 Å². The Kier molecular flexibility index (Phi) is 8.79. The van der Waals surface area contributed by atoms with Gasteiger partial charge in [-0.1, -0.05) is 18.2 Å². The van der Waals surface area contributed by atoms with Gasteiger partial charge in [0.05, 0.1) is 33.1 Å². The number of aromatic amines is 1. The second-order valence-electron chi connectivity index (χ2n) is 10.4. The molecule has 0 aliphatic heterocycles. The van der Waals surface area contributed by atoms with Gasteiger partial charge in [0.2, 0.25) is 23.0 Å². The van der Waals surface area contributed by atoms with E-state index >= 15 is 0 Å². The summed E-state index contributed by atoms with van der Waals surface area (Å²) in [6, 6.07) is 12.8. The maximum atomic E-state index is 13.6. The fourth-order valence-corrected chi connectivity index (χ4v) is 5.47. The predicted octanol–water partition coefficient (Wildman–Crippen LogP) is 4.09. The number of rotatable bonds is 9. The van der Waals surface area contributed by atoms with Crippen LogP contribution in [0.5, 0.6) is 17.2 Å². The molecule has 4 N–H and O–H groups in total. The maximum Gasteiger partial charge on any atom is 0.246 e. The highest BCUT2D eigenvalue weighted by Crippen LogP contribution is 2.50. The summed E-state index contributed by atoms with van der Waals surface area (Å²) in [5.74, 6) is 1.41. The molecule has 44 heavy (non-hydrogen) atoms. The molecule has 0 saturated carbocycles. The highest BCUT2D eigenvalue weighted by atomic mass is 16.5. The van der Waals surface area contributed by atoms with E-state index in [1.165, 1.54) is 26.4 Å². The van der Waals surface area contributed by atoms with Crippen molar-refractivity contribution in [1.82, 2.24) is 20.5 Å². The van der Waals surface area contributed by atoms with Gasteiger partial charge >= 0.3 is 0 Å². The fraction of sp³-hybridized carbons (Fsp3) is 0.281. The van der Waals surface area contributed by atoms with Crippen LogP contribution in [-0.2, 0) is 16.0 Å². The van der Waals surface area contributed by atoms with Gasteiger partial charge in [0.1, 0.15) is 12.4 Å². The van der Waals surface area contributed by atoms with Gasteiger partial charge in [-0.2, -0.15) is 5.10 Å². The number of anilines is 2. The highest BCUT2D eigenvalue weighted by molar-refractivity contribution is 5.96. The minimum absolute atomic E-state index is 0.219. The number of fused-ring (bicyclic) bond motifs is 3. The van der Waals surface area contributed by atoms with Crippen molar-refractivity contribution in [2.24, 2.45) is 0 Å². The van der Waals surface area contributed by atoms with E-state index in [4.69, 9.17) is 14.2 Å². The molecular weight excluding hydrogens is 564 g/mol. The molecule has 4 aromatic rings. The number of carbonyl (C=O) groups excluding carboxylic acids is 2. The number of hydrogen-bond donors (Lipinski definition) is 4. The lowest BCUT2D eigenvalue weighted by atomic mass is 9.95. The fourth-order valence-electron chi connectivity index (χ4n) is 5.47. The molecule has 0 fully saturated rings. The molecule has 0 bridgehead atoms. The van der Waals surface area contributed by atoms with Crippen molar-refractivity contribution in [2.45, 2.75) is 38.8 Å². The summed E-state index contributed by atoms with van der Waals surface area (Å²) in [5.41, 5.74) is 4.20. The number of nitrogens with zero attached hydrogens (tertiary/aromatic N) is 2. The number of carbonyl (C=O) groups is 2. The molecule has 0 radical (unpaired) electrons. The largest absolute Gasteiger partial charge is 0.493 e. The Bertz CT molecular complexity index is 1760. The van der Waals surface area contributed by atoms with Gasteiger partial charge < -0.3 is 30.2 Å². The van der Waals surface area contributed by atoms with Gasteiger partial charge in [-0.25, -0.2) is 4.98 Å². The molecule has 0 saturated heterocycles. The zero-order valence-corrected chi connectivity index (χ0v) is 25.1. The summed E-state index contributed by atoms with van der Waals surface area (Å²) in [6.07, 6.45) is 2.53. The summed E-state index contributed by atoms with van der Waals surface area (Å²) in [4.78, 5) is 43.1. The third kappa shape index (κ3) is 6.05. The lowest BCUT2D eigenvalue weighted by molar-refractivity contribution is -0.119. The number of benzene rings is 2. The van der Waals surface area contributed by atoms with Crippen molar-refractivity contribution >= 4 is 23.2 Å². The van der Waals surface area contributed by atoms with Crippen molar-refractivity contribution in [1.29, 1.82) is 0 Å². The predicted molar refractivity (Wildman–Crippen MR) is 166 cm³/mol. The van der Waals surface area contributed by atoms with Crippen LogP contribution in [0.3, 0.4) is 0 Å². The lowest BCUT2D eigenvalue weighted by Crippen LogP contribution is -2.33. The highest BCUT2D eigenvalue weighted by Gasteiger charge is 2.29. The molecule has 2 amide bonds. The van der Waals surface area contributed by atoms with Gasteiger partial charge in [-0.3, -0.25) is 19.5 Å². The van der Waals surface area contributed by atoms with Crippen molar-refractivity contribution in [2.75, 3.05) is 32.0 Å². The number of amides is 2. The van der Waals surface area contributed by atoms with Crippen LogP contribution in [0.15, 0.2) is 59.7 Å². The average molecular weight is 599 g/mol. The summed E-state index contributed by atoms with van der Waals surface area (Å²) >= 11 is 0. The van der Waals surface area contributed by atoms with E-state index < -0.39 is 12.1 Å². The molecule has 0 spiro atoms. The third-order valence-corrected chi connectivity index (χ3v) is 7.50. The van der Waals surface area contributed by atoms with E-state index in [2.05, 4.69) is 31.1 Å². The topological polar surface area (TPSA) is 157 Å². The Morgan fingerprint density at radius 2 is 1.82 bits per heavy atom. The Labute approximate surface area is 254 Å². The molecule has 1 heterocycles. The SMILES string of the molecule is COc1cc2c(c(OC)c1OC)-c1ccc(N[C@@H](C)C(=O)Nc3cccc(-c4ncn[nH]4)c3)c(=O)cc1[C@H](NC(C)=O)CC2. The van der Waals surface area contributed by atoms with Crippen molar-refractivity contribution in [3.63, 3.8) is 0 Å². The number of aryl methyl sites for hydroxylation is 1. The summed E-state index contributed by atoms with van der Waals surface area (Å²) in [7, 11) is 4.63. The molecule has 5 rings (SSSR count). The summed E-state index contributed by atoms with van der Waals surface area (Å²) in [5, 5.41) is 15.6. The Balaban J connectivity index is 1.51. The minimum Gasteiger partial charge on any atom is -0.493 e. The first kappa shape index (κ1) is 30.1. The van der Waals surface area contributed by atoms with Gasteiger partial charge in [-0.05, 0) is 66.8 Å². The van der Waals surface area contributed by atoms with Crippen LogP contribution in [0, 0.1) is 0 Å². The molecule has 228 valence electrons. The van der Waals surface area contributed by atoms with Gasteiger partial charge in [0.15, 0.2) is 17.3 Å². The molecule has 0 unspecified atom stereocenters. The standard InChI is InChI=1S/C32H34N6O6/c1-17(32(41)37-21-8-6-7-20(13-21)31-33-16-34-38-31)35-25-12-10-22-23(15-26(25)40)24(36-18(2)39)11-9-19-14-27(42-3)29(43-4)30(44-5)28(19)22/h6-8,10,12-17,24H,9,11H2,1-5H3,(H,35,40)(H,36,39)(H,37,41)(H,33,34,38)/t17-,24+/m0/s1. The normalized spacial score (nSPS) is 14.2. The molecule has 12 nitrogen and oxygen atoms in total. The second kappa shape index (κ2) is 12.9. The van der Waals surface area contributed by atoms with Crippen LogP contribution in [-0.4, -0.2) is 54.4 Å². The number of methoxy groups -OCH3 is 3. The Morgan fingerprint density at radius 3 is 2.50 bits per heavy atom. The molecule has 1 aliphatic carbocycles. The van der Waals surface area contributed by atoms with E-state index in [0.29, 0.717) is 52.7 Å². The summed E-state index contributed by atoms with van der Waals surface area (Å²) < 4.78 is 17.1. The third-order valence-electron chi connectivity index (χ3n) is 7.50. The quantitative estimate of drug-likeness (QED) is 0.223. The average Bonchev–Trinajstić information content (AvgIpc) is 3.46. The molecule has 1 aliphatic rings. The van der Waals surface area contributed by atoms with Crippen LogP contribution >= 0.6 is 0 Å². The van der Waals surface area contributed by atoms with E-state index in [-0.39, 0.29) is 22.9 Å². The van der Waals surface area contributed by atoms with Crippen LogP contribution in [0.1, 0.15) is 37.4 Å². The first-order chi connectivity index (χ1) is 21.2. The zero-order chi connectivity index (χ0) is 31.4. The zero-order valence-electron chi connectivity index (χ0n) is 25.1. The first-order valence-corrected chi connectivity index (χ1v) is 14.0. The molecule has 12 heteroatoms. The number of aromatic nitrogens is 3. The monoisotopic (exact) mass is 598 g/mol. The smallest absolute Gasteiger partial charge is 0.246 e.